The number of nitrogens with one attached hydrogen (secondary N) is 2. The Morgan fingerprint density at radius 2 is 2.22 bits per heavy atom. The van der Waals surface area contributed by atoms with E-state index >= 15 is 0 Å². The normalized spacial score (nSPS) is 21.4. The highest BCUT2D eigenvalue weighted by Crippen LogP contribution is 2.25. The minimum atomic E-state index is -4.81. The summed E-state index contributed by atoms with van der Waals surface area (Å²) in [6, 6.07) is 0. The predicted molar refractivity (Wildman–Crippen MR) is 59.9 cm³/mol. The zero-order valence-electron chi connectivity index (χ0n) is 9.29. The van der Waals surface area contributed by atoms with Crippen LogP contribution in [0.4, 0.5) is 13.2 Å². The zero-order chi connectivity index (χ0) is 13.8. The van der Waals surface area contributed by atoms with Gasteiger partial charge in [-0.15, -0.1) is 0 Å². The van der Waals surface area contributed by atoms with Gasteiger partial charge in [0, 0.05) is 13.2 Å². The van der Waals surface area contributed by atoms with E-state index in [0.29, 0.717) is 13.0 Å². The molecule has 18 heavy (non-hydrogen) atoms. The lowest BCUT2D eigenvalue weighted by Gasteiger charge is -2.19. The van der Waals surface area contributed by atoms with E-state index in [4.69, 9.17) is 22.1 Å². The molecule has 1 rings (SSSR count). The number of hydrogen-bond donors (Lipinski definition) is 3. The summed E-state index contributed by atoms with van der Waals surface area (Å²) in [5.74, 6) is -4.42. The van der Waals surface area contributed by atoms with Crippen LogP contribution in [0.2, 0.25) is 0 Å². The molecule has 104 valence electrons. The molecular formula is C9H13F3N2O3S. The Morgan fingerprint density at radius 1 is 1.56 bits per heavy atom. The van der Waals surface area contributed by atoms with Crippen LogP contribution < -0.4 is 10.6 Å². The van der Waals surface area contributed by atoms with E-state index in [-0.39, 0.29) is 11.3 Å². The van der Waals surface area contributed by atoms with Gasteiger partial charge in [0.15, 0.2) is 11.0 Å². The maximum Gasteiger partial charge on any atom is 0.403 e. The van der Waals surface area contributed by atoms with E-state index in [1.807, 2.05) is 0 Å². The number of aliphatic carboxylic acids is 1. The first-order chi connectivity index (χ1) is 8.30. The Morgan fingerprint density at radius 3 is 2.67 bits per heavy atom. The molecule has 1 heterocycles. The second-order valence-corrected chi connectivity index (χ2v) is 4.20. The van der Waals surface area contributed by atoms with E-state index in [0.717, 1.165) is 6.42 Å². The summed E-state index contributed by atoms with van der Waals surface area (Å²) in [7, 11) is 0. The lowest BCUT2D eigenvalue weighted by Crippen LogP contribution is -2.47. The highest BCUT2D eigenvalue weighted by molar-refractivity contribution is 7.80. The number of carboxylic acids is 1. The smallest absolute Gasteiger partial charge is 0.403 e. The van der Waals surface area contributed by atoms with E-state index in [9.17, 15) is 18.0 Å². The Hall–Kier alpha value is -1.09. The summed E-state index contributed by atoms with van der Waals surface area (Å²) in [5.41, 5.74) is 0. The summed E-state index contributed by atoms with van der Waals surface area (Å²) in [6.45, 7) is -0.238. The SMILES string of the molecule is O=C(O)C(CNC(=S)NC1CCCO1)C(F)(F)F. The van der Waals surface area contributed by atoms with Crippen LogP contribution in [-0.4, -0.2) is 41.7 Å². The van der Waals surface area contributed by atoms with Crippen molar-refractivity contribution in [2.24, 2.45) is 5.92 Å². The van der Waals surface area contributed by atoms with Crippen LogP contribution in [0.15, 0.2) is 0 Å². The first kappa shape index (κ1) is 15.0. The third kappa shape index (κ3) is 4.65. The second-order valence-electron chi connectivity index (χ2n) is 3.79. The van der Waals surface area contributed by atoms with Crippen molar-refractivity contribution in [1.82, 2.24) is 10.6 Å². The van der Waals surface area contributed by atoms with Gasteiger partial charge in [-0.25, -0.2) is 0 Å². The summed E-state index contributed by atoms with van der Waals surface area (Å²) in [5, 5.41) is 13.3. The van der Waals surface area contributed by atoms with Gasteiger partial charge < -0.3 is 20.5 Å². The van der Waals surface area contributed by atoms with Crippen LogP contribution in [0.3, 0.4) is 0 Å². The summed E-state index contributed by atoms with van der Waals surface area (Å²) in [6.07, 6.45) is -3.57. The average Bonchev–Trinajstić information content (AvgIpc) is 2.67. The third-order valence-electron chi connectivity index (χ3n) is 2.38. The topological polar surface area (TPSA) is 70.6 Å². The molecule has 5 nitrogen and oxygen atoms in total. The molecule has 1 aliphatic heterocycles. The minimum absolute atomic E-state index is 0.0441. The molecule has 2 unspecified atom stereocenters. The molecule has 3 N–H and O–H groups in total. The first-order valence-corrected chi connectivity index (χ1v) is 5.67. The zero-order valence-corrected chi connectivity index (χ0v) is 10.1. The van der Waals surface area contributed by atoms with Crippen LogP contribution in [0.5, 0.6) is 0 Å². The molecule has 9 heteroatoms. The number of halogens is 3. The van der Waals surface area contributed by atoms with Crippen molar-refractivity contribution in [2.45, 2.75) is 25.2 Å². The molecule has 0 aromatic rings. The summed E-state index contributed by atoms with van der Waals surface area (Å²) < 4.78 is 42.1. The molecule has 0 amide bonds. The maximum atomic E-state index is 12.3. The van der Waals surface area contributed by atoms with Gasteiger partial charge in [-0.2, -0.15) is 13.2 Å². The number of ether oxygens (including phenoxy) is 1. The molecule has 0 radical (unpaired) electrons. The molecule has 0 bridgehead atoms. The van der Waals surface area contributed by atoms with Crippen LogP contribution in [0.1, 0.15) is 12.8 Å². The van der Waals surface area contributed by atoms with Gasteiger partial charge in [-0.05, 0) is 25.1 Å². The lowest BCUT2D eigenvalue weighted by molar-refractivity contribution is -0.191. The molecule has 0 aliphatic carbocycles. The fraction of sp³-hybridized carbons (Fsp3) is 0.778. The van der Waals surface area contributed by atoms with Crippen molar-refractivity contribution >= 4 is 23.3 Å². The van der Waals surface area contributed by atoms with Gasteiger partial charge in [-0.3, -0.25) is 4.79 Å². The number of rotatable bonds is 4. The Balaban J connectivity index is 2.37. The number of alkyl halides is 3. The lowest BCUT2D eigenvalue weighted by atomic mass is 10.1. The summed E-state index contributed by atoms with van der Waals surface area (Å²) >= 11 is 4.76. The molecule has 2 atom stereocenters. The largest absolute Gasteiger partial charge is 0.481 e. The highest BCUT2D eigenvalue weighted by atomic mass is 32.1. The quantitative estimate of drug-likeness (QED) is 0.666. The van der Waals surface area contributed by atoms with Gasteiger partial charge >= 0.3 is 12.1 Å². The van der Waals surface area contributed by atoms with E-state index in [1.54, 1.807) is 0 Å². The molecule has 1 fully saturated rings. The van der Waals surface area contributed by atoms with Crippen molar-refractivity contribution < 1.29 is 27.8 Å². The Bertz CT molecular complexity index is 319. The van der Waals surface area contributed by atoms with E-state index in [1.165, 1.54) is 0 Å². The standard InChI is InChI=1S/C9H13F3N2O3S/c10-9(11,12)5(7(15)16)4-13-8(18)14-6-2-1-3-17-6/h5-6H,1-4H2,(H,15,16)(H2,13,14,18). The monoisotopic (exact) mass is 286 g/mol. The molecule has 0 aromatic heterocycles. The van der Waals surface area contributed by atoms with Gasteiger partial charge in [0.1, 0.15) is 6.23 Å². The van der Waals surface area contributed by atoms with Crippen LogP contribution in [0.25, 0.3) is 0 Å². The molecule has 1 saturated heterocycles. The fourth-order valence-electron chi connectivity index (χ4n) is 1.43. The fourth-order valence-corrected chi connectivity index (χ4v) is 1.64. The number of thiocarbonyl (C=S) groups is 1. The van der Waals surface area contributed by atoms with Gasteiger partial charge in [0.2, 0.25) is 0 Å². The average molecular weight is 286 g/mol. The third-order valence-corrected chi connectivity index (χ3v) is 2.64. The molecule has 0 spiro atoms. The summed E-state index contributed by atoms with van der Waals surface area (Å²) in [4.78, 5) is 10.5. The highest BCUT2D eigenvalue weighted by Gasteiger charge is 2.45. The van der Waals surface area contributed by atoms with Crippen molar-refractivity contribution in [2.75, 3.05) is 13.2 Å². The van der Waals surface area contributed by atoms with Crippen molar-refractivity contribution in [3.8, 4) is 0 Å². The van der Waals surface area contributed by atoms with Crippen molar-refractivity contribution in [3.63, 3.8) is 0 Å². The van der Waals surface area contributed by atoms with Gasteiger partial charge in [0.25, 0.3) is 0 Å². The van der Waals surface area contributed by atoms with Crippen LogP contribution in [-0.2, 0) is 9.53 Å². The van der Waals surface area contributed by atoms with Crippen LogP contribution in [0, 0.1) is 5.92 Å². The van der Waals surface area contributed by atoms with E-state index < -0.39 is 24.6 Å². The Kier molecular flexibility index (Phi) is 5.15. The van der Waals surface area contributed by atoms with Crippen molar-refractivity contribution in [3.05, 3.63) is 0 Å². The molecule has 0 aromatic carbocycles. The maximum absolute atomic E-state index is 12.3. The first-order valence-electron chi connectivity index (χ1n) is 5.26. The predicted octanol–water partition coefficient (Wildman–Crippen LogP) is 0.850. The number of hydrogen-bond acceptors (Lipinski definition) is 3. The minimum Gasteiger partial charge on any atom is -0.481 e. The molecule has 1 aliphatic rings. The molecule has 0 saturated carbocycles. The Labute approximate surface area is 107 Å². The van der Waals surface area contributed by atoms with Gasteiger partial charge in [0.05, 0.1) is 0 Å². The van der Waals surface area contributed by atoms with E-state index in [2.05, 4.69) is 10.6 Å². The van der Waals surface area contributed by atoms with Crippen molar-refractivity contribution in [1.29, 1.82) is 0 Å². The van der Waals surface area contributed by atoms with Crippen LogP contribution >= 0.6 is 12.2 Å². The number of carboxylic acid groups (broad SMARTS) is 1. The second kappa shape index (κ2) is 6.19. The van der Waals surface area contributed by atoms with Gasteiger partial charge in [-0.1, -0.05) is 0 Å². The number of carbonyl (C=O) groups is 1. The molecular weight excluding hydrogens is 273 g/mol.